The van der Waals surface area contributed by atoms with E-state index in [2.05, 4.69) is 6.58 Å². The molecule has 3 heteroatoms. The predicted octanol–water partition coefficient (Wildman–Crippen LogP) is 3.95. The molecule has 0 bridgehead atoms. The predicted molar refractivity (Wildman–Crippen MR) is 81.0 cm³/mol. The Balaban J connectivity index is 2.24. The largest absolute Gasteiger partial charge is 0.496 e. The normalized spacial score (nSPS) is 15.8. The lowest BCUT2D eigenvalue weighted by Crippen LogP contribution is -2.14. The van der Waals surface area contributed by atoms with Crippen molar-refractivity contribution in [2.45, 2.75) is 12.5 Å². The highest BCUT2D eigenvalue weighted by Gasteiger charge is 2.27. The molecule has 2 N–H and O–H groups in total. The highest BCUT2D eigenvalue weighted by molar-refractivity contribution is 5.82. The van der Waals surface area contributed by atoms with Gasteiger partial charge in [-0.2, -0.15) is 0 Å². The van der Waals surface area contributed by atoms with E-state index in [-0.39, 0.29) is 6.10 Å². The van der Waals surface area contributed by atoms with Crippen LogP contribution in [0.25, 0.3) is 11.1 Å². The van der Waals surface area contributed by atoms with Crippen LogP contribution in [-0.2, 0) is 0 Å². The molecule has 2 aromatic rings. The first-order chi connectivity index (χ1) is 9.74. The van der Waals surface area contributed by atoms with Crippen LogP contribution in [0.15, 0.2) is 49.1 Å². The molecule has 1 aliphatic rings. The van der Waals surface area contributed by atoms with Crippen molar-refractivity contribution in [1.82, 2.24) is 0 Å². The van der Waals surface area contributed by atoms with E-state index >= 15 is 0 Å². The second kappa shape index (κ2) is 4.93. The molecular weight excluding hydrogens is 250 g/mol. The maximum Gasteiger partial charge on any atom is 0.131 e. The minimum absolute atomic E-state index is 0.0504. The number of hydrogen-bond acceptors (Lipinski definition) is 3. The van der Waals surface area contributed by atoms with Gasteiger partial charge in [0, 0.05) is 17.7 Å². The zero-order valence-corrected chi connectivity index (χ0v) is 11.4. The van der Waals surface area contributed by atoms with Crippen molar-refractivity contribution in [1.29, 1.82) is 0 Å². The van der Waals surface area contributed by atoms with Crippen molar-refractivity contribution >= 4 is 5.69 Å². The molecule has 0 saturated heterocycles. The molecule has 1 heterocycles. The highest BCUT2D eigenvalue weighted by Crippen LogP contribution is 2.48. The van der Waals surface area contributed by atoms with Crippen molar-refractivity contribution in [3.63, 3.8) is 0 Å². The third kappa shape index (κ3) is 1.92. The Hall–Kier alpha value is -2.42. The molecule has 1 unspecified atom stereocenters. The molecule has 3 nitrogen and oxygen atoms in total. The van der Waals surface area contributed by atoms with Gasteiger partial charge in [-0.3, -0.25) is 0 Å². The average Bonchev–Trinajstić information content (AvgIpc) is 2.47. The summed E-state index contributed by atoms with van der Waals surface area (Å²) in [6, 6.07) is 11.8. The van der Waals surface area contributed by atoms with E-state index in [1.165, 1.54) is 0 Å². The summed E-state index contributed by atoms with van der Waals surface area (Å²) >= 11 is 0. The molecular formula is C17H17NO2. The Kier molecular flexibility index (Phi) is 3.11. The SMILES string of the molecule is C=CCC1Oc2cccc(OC)c2-c2ccc(N)cc21. The molecule has 0 fully saturated rings. The first kappa shape index (κ1) is 12.6. The van der Waals surface area contributed by atoms with Crippen LogP contribution in [0.5, 0.6) is 11.5 Å². The molecule has 0 radical (unpaired) electrons. The van der Waals surface area contributed by atoms with Crippen LogP contribution in [0.1, 0.15) is 18.1 Å². The van der Waals surface area contributed by atoms with Gasteiger partial charge >= 0.3 is 0 Å². The fourth-order valence-corrected chi connectivity index (χ4v) is 2.66. The van der Waals surface area contributed by atoms with Gasteiger partial charge in [0.25, 0.3) is 0 Å². The number of methoxy groups -OCH3 is 1. The molecule has 0 spiro atoms. The monoisotopic (exact) mass is 267 g/mol. The van der Waals surface area contributed by atoms with Crippen LogP contribution < -0.4 is 15.2 Å². The summed E-state index contributed by atoms with van der Waals surface area (Å²) in [5.74, 6) is 1.65. The standard InChI is InChI=1S/C17H17NO2/c1-3-5-14-13-10-11(18)8-9-12(13)17-15(19-2)6-4-7-16(17)20-14/h3-4,6-10,14H,1,5,18H2,2H3. The summed E-state index contributed by atoms with van der Waals surface area (Å²) in [5, 5.41) is 0. The van der Waals surface area contributed by atoms with Crippen molar-refractivity contribution in [3.8, 4) is 22.6 Å². The summed E-state index contributed by atoms with van der Waals surface area (Å²) < 4.78 is 11.6. The third-order valence-electron chi connectivity index (χ3n) is 3.55. The zero-order valence-electron chi connectivity index (χ0n) is 11.4. The summed E-state index contributed by atoms with van der Waals surface area (Å²) in [4.78, 5) is 0. The molecule has 0 amide bonds. The van der Waals surface area contributed by atoms with E-state index in [4.69, 9.17) is 15.2 Å². The number of hydrogen-bond donors (Lipinski definition) is 1. The van der Waals surface area contributed by atoms with Gasteiger partial charge in [0.05, 0.1) is 12.7 Å². The summed E-state index contributed by atoms with van der Waals surface area (Å²) in [7, 11) is 1.67. The number of nitrogen functional groups attached to an aromatic ring is 1. The average molecular weight is 267 g/mol. The summed E-state index contributed by atoms with van der Waals surface area (Å²) in [6.45, 7) is 3.80. The lowest BCUT2D eigenvalue weighted by Gasteiger charge is -2.29. The molecule has 102 valence electrons. The van der Waals surface area contributed by atoms with Crippen molar-refractivity contribution in [2.24, 2.45) is 0 Å². The minimum atomic E-state index is -0.0504. The Bertz CT molecular complexity index is 664. The fraction of sp³-hybridized carbons (Fsp3) is 0.176. The van der Waals surface area contributed by atoms with Crippen LogP contribution in [-0.4, -0.2) is 7.11 Å². The number of anilines is 1. The van der Waals surface area contributed by atoms with Crippen LogP contribution in [0.2, 0.25) is 0 Å². The summed E-state index contributed by atoms with van der Waals surface area (Å²) in [5.41, 5.74) is 9.85. The lowest BCUT2D eigenvalue weighted by molar-refractivity contribution is 0.205. The molecule has 0 aliphatic carbocycles. The van der Waals surface area contributed by atoms with E-state index in [0.29, 0.717) is 0 Å². The number of nitrogens with two attached hydrogens (primary N) is 1. The van der Waals surface area contributed by atoms with Gasteiger partial charge < -0.3 is 15.2 Å². The Morgan fingerprint density at radius 2 is 2.20 bits per heavy atom. The molecule has 1 atom stereocenters. The second-order valence-corrected chi connectivity index (χ2v) is 4.81. The van der Waals surface area contributed by atoms with E-state index in [0.717, 1.165) is 40.3 Å². The summed E-state index contributed by atoms with van der Waals surface area (Å²) in [6.07, 6.45) is 2.56. The van der Waals surface area contributed by atoms with Gasteiger partial charge in [0.1, 0.15) is 17.6 Å². The number of rotatable bonds is 3. The Morgan fingerprint density at radius 1 is 1.35 bits per heavy atom. The fourth-order valence-electron chi connectivity index (χ4n) is 2.66. The molecule has 0 aromatic heterocycles. The molecule has 20 heavy (non-hydrogen) atoms. The second-order valence-electron chi connectivity index (χ2n) is 4.81. The number of benzene rings is 2. The van der Waals surface area contributed by atoms with Crippen LogP contribution in [0.3, 0.4) is 0 Å². The molecule has 2 aromatic carbocycles. The number of ether oxygens (including phenoxy) is 2. The zero-order chi connectivity index (χ0) is 14.1. The van der Waals surface area contributed by atoms with E-state index < -0.39 is 0 Å². The lowest BCUT2D eigenvalue weighted by atomic mass is 9.90. The van der Waals surface area contributed by atoms with Gasteiger partial charge in [-0.1, -0.05) is 18.2 Å². The van der Waals surface area contributed by atoms with Gasteiger partial charge in [0.2, 0.25) is 0 Å². The van der Waals surface area contributed by atoms with E-state index in [1.807, 2.05) is 42.5 Å². The highest BCUT2D eigenvalue weighted by atomic mass is 16.5. The Morgan fingerprint density at radius 3 is 2.95 bits per heavy atom. The molecule has 1 aliphatic heterocycles. The topological polar surface area (TPSA) is 44.5 Å². The van der Waals surface area contributed by atoms with Gasteiger partial charge in [-0.05, 0) is 29.8 Å². The van der Waals surface area contributed by atoms with Gasteiger partial charge in [-0.15, -0.1) is 6.58 Å². The van der Waals surface area contributed by atoms with Crippen LogP contribution in [0, 0.1) is 0 Å². The maximum absolute atomic E-state index is 6.09. The number of fused-ring (bicyclic) bond motifs is 3. The molecule has 0 saturated carbocycles. The Labute approximate surface area is 118 Å². The van der Waals surface area contributed by atoms with Gasteiger partial charge in [-0.25, -0.2) is 0 Å². The van der Waals surface area contributed by atoms with Crippen molar-refractivity contribution < 1.29 is 9.47 Å². The first-order valence-corrected chi connectivity index (χ1v) is 6.59. The van der Waals surface area contributed by atoms with E-state index in [9.17, 15) is 0 Å². The van der Waals surface area contributed by atoms with Crippen molar-refractivity contribution in [2.75, 3.05) is 12.8 Å². The van der Waals surface area contributed by atoms with Crippen LogP contribution >= 0.6 is 0 Å². The minimum Gasteiger partial charge on any atom is -0.496 e. The van der Waals surface area contributed by atoms with Gasteiger partial charge in [0.15, 0.2) is 0 Å². The first-order valence-electron chi connectivity index (χ1n) is 6.59. The quantitative estimate of drug-likeness (QED) is 0.676. The third-order valence-corrected chi connectivity index (χ3v) is 3.55. The smallest absolute Gasteiger partial charge is 0.131 e. The maximum atomic E-state index is 6.09. The van der Waals surface area contributed by atoms with E-state index in [1.54, 1.807) is 7.11 Å². The molecule has 3 rings (SSSR count). The van der Waals surface area contributed by atoms with Crippen molar-refractivity contribution in [3.05, 3.63) is 54.6 Å². The van der Waals surface area contributed by atoms with Crippen LogP contribution in [0.4, 0.5) is 5.69 Å².